The lowest BCUT2D eigenvalue weighted by molar-refractivity contribution is 0.102. The van der Waals surface area contributed by atoms with Crippen molar-refractivity contribution in [3.8, 4) is 34.8 Å². The Bertz CT molecular complexity index is 1310. The number of thioether (sulfide) groups is 1. The second-order valence-corrected chi connectivity index (χ2v) is 8.67. The van der Waals surface area contributed by atoms with Gasteiger partial charge in [0.1, 0.15) is 28.5 Å². The second-order valence-electron chi connectivity index (χ2n) is 7.71. The van der Waals surface area contributed by atoms with E-state index < -0.39 is 0 Å². The molecule has 0 saturated carbocycles. The number of nitrogens with two attached hydrogens (primary N) is 1. The number of ether oxygens (including phenoxy) is 2. The summed E-state index contributed by atoms with van der Waals surface area (Å²) in [5, 5.41) is 20.0. The Morgan fingerprint density at radius 3 is 2.24 bits per heavy atom. The van der Waals surface area contributed by atoms with E-state index in [0.717, 1.165) is 17.3 Å². The molecule has 0 radical (unpaired) electrons. The monoisotopic (exact) mass is 472 g/mol. The van der Waals surface area contributed by atoms with Crippen molar-refractivity contribution in [3.05, 3.63) is 64.7 Å². The number of carbonyl (C=O) groups excluding carboxylic acids is 1. The summed E-state index contributed by atoms with van der Waals surface area (Å²) in [5.41, 5.74) is 9.14. The molecule has 1 heterocycles. The zero-order chi connectivity index (χ0) is 24.8. The smallest absolute Gasteiger partial charge is 0.173 e. The van der Waals surface area contributed by atoms with Crippen LogP contribution < -0.4 is 15.2 Å². The molecular weight excluding hydrogens is 448 g/mol. The van der Waals surface area contributed by atoms with E-state index in [1.54, 1.807) is 18.2 Å². The van der Waals surface area contributed by atoms with Gasteiger partial charge in [0.25, 0.3) is 0 Å². The number of anilines is 1. The first-order valence-electron chi connectivity index (χ1n) is 10.5. The summed E-state index contributed by atoms with van der Waals surface area (Å²) in [6.07, 6.45) is 0. The quantitative estimate of drug-likeness (QED) is 0.351. The molecule has 0 atom stereocenters. The lowest BCUT2D eigenvalue weighted by Crippen LogP contribution is -2.07. The first-order chi connectivity index (χ1) is 16.3. The van der Waals surface area contributed by atoms with Gasteiger partial charge in [0.15, 0.2) is 17.3 Å². The highest BCUT2D eigenvalue weighted by Gasteiger charge is 2.22. The minimum Gasteiger partial charge on any atom is -0.493 e. The molecule has 0 bridgehead atoms. The maximum absolute atomic E-state index is 12.8. The number of nitrogens with zero attached hydrogens (tertiary/aromatic N) is 3. The van der Waals surface area contributed by atoms with E-state index in [0.29, 0.717) is 39.1 Å². The van der Waals surface area contributed by atoms with Crippen LogP contribution in [0.25, 0.3) is 11.1 Å². The highest BCUT2D eigenvalue weighted by atomic mass is 32.2. The first-order valence-corrected chi connectivity index (χ1v) is 11.4. The summed E-state index contributed by atoms with van der Waals surface area (Å²) in [4.78, 5) is 17.1. The zero-order valence-corrected chi connectivity index (χ0v) is 20.2. The third kappa shape index (κ3) is 4.98. The van der Waals surface area contributed by atoms with Gasteiger partial charge >= 0.3 is 0 Å². The van der Waals surface area contributed by atoms with Crippen LogP contribution in [0.2, 0.25) is 0 Å². The lowest BCUT2D eigenvalue weighted by Gasteiger charge is -2.14. The normalized spacial score (nSPS) is 10.4. The molecule has 3 rings (SSSR count). The van der Waals surface area contributed by atoms with Crippen molar-refractivity contribution in [1.82, 2.24) is 4.98 Å². The van der Waals surface area contributed by atoms with E-state index >= 15 is 0 Å². The van der Waals surface area contributed by atoms with Crippen molar-refractivity contribution in [2.75, 3.05) is 25.7 Å². The zero-order valence-electron chi connectivity index (χ0n) is 19.4. The Kier molecular flexibility index (Phi) is 7.78. The van der Waals surface area contributed by atoms with Crippen molar-refractivity contribution in [1.29, 1.82) is 10.5 Å². The Labute approximate surface area is 203 Å². The molecule has 0 spiro atoms. The SMILES string of the molecule is COc1ccc(C(=O)CSc2nc(N)c(C#N)c(-c3ccc(C(C)C)cc3)c2C#N)cc1OC. The molecule has 0 aliphatic rings. The molecule has 0 amide bonds. The van der Waals surface area contributed by atoms with Crippen molar-refractivity contribution in [3.63, 3.8) is 0 Å². The topological polar surface area (TPSA) is 122 Å². The minimum absolute atomic E-state index is 0.0190. The minimum atomic E-state index is -0.178. The molecule has 1 aromatic heterocycles. The number of hydrogen-bond donors (Lipinski definition) is 1. The molecule has 0 unspecified atom stereocenters. The first kappa shape index (κ1) is 24.6. The van der Waals surface area contributed by atoms with E-state index in [4.69, 9.17) is 15.2 Å². The Morgan fingerprint density at radius 2 is 1.68 bits per heavy atom. The van der Waals surface area contributed by atoms with E-state index in [1.165, 1.54) is 14.2 Å². The Hall–Kier alpha value is -4.01. The summed E-state index contributed by atoms with van der Waals surface area (Å²) in [6, 6.07) is 16.8. The molecule has 0 fully saturated rings. The van der Waals surface area contributed by atoms with Crippen LogP contribution in [0.1, 0.15) is 46.8 Å². The van der Waals surface area contributed by atoms with E-state index in [1.807, 2.05) is 24.3 Å². The van der Waals surface area contributed by atoms with Crippen LogP contribution >= 0.6 is 11.8 Å². The van der Waals surface area contributed by atoms with Gasteiger partial charge in [-0.25, -0.2) is 4.98 Å². The summed E-state index contributed by atoms with van der Waals surface area (Å²) >= 11 is 1.10. The lowest BCUT2D eigenvalue weighted by atomic mass is 9.94. The standard InChI is InChI=1S/C26H24N4O3S/c1-15(2)16-5-7-17(8-6-16)24-19(12-27)25(29)30-26(20(24)13-28)34-14-21(31)18-9-10-22(32-3)23(11-18)33-4/h5-11,15H,14H2,1-4H3,(H2,29,30). The molecule has 7 nitrogen and oxygen atoms in total. The molecule has 0 aliphatic heterocycles. The third-order valence-corrected chi connectivity index (χ3v) is 6.30. The van der Waals surface area contributed by atoms with Gasteiger partial charge in [-0.15, -0.1) is 0 Å². The summed E-state index contributed by atoms with van der Waals surface area (Å²) in [5.74, 6) is 1.18. The fourth-order valence-electron chi connectivity index (χ4n) is 3.45. The molecule has 2 N–H and O–H groups in total. The number of Topliss-reactive ketones (excluding diaryl/α,β-unsaturated/α-hetero) is 1. The second kappa shape index (κ2) is 10.7. The fourth-order valence-corrected chi connectivity index (χ4v) is 4.34. The molecule has 2 aromatic carbocycles. The van der Waals surface area contributed by atoms with Crippen molar-refractivity contribution < 1.29 is 14.3 Å². The van der Waals surface area contributed by atoms with Crippen molar-refractivity contribution in [2.24, 2.45) is 0 Å². The number of methoxy groups -OCH3 is 2. The van der Waals surface area contributed by atoms with Crippen LogP contribution in [0.4, 0.5) is 5.82 Å². The van der Waals surface area contributed by atoms with Gasteiger partial charge < -0.3 is 15.2 Å². The average Bonchev–Trinajstić information content (AvgIpc) is 2.86. The van der Waals surface area contributed by atoms with Crippen LogP contribution in [-0.2, 0) is 0 Å². The summed E-state index contributed by atoms with van der Waals surface area (Å²) in [6.45, 7) is 4.18. The van der Waals surface area contributed by atoms with E-state index in [-0.39, 0.29) is 28.5 Å². The Morgan fingerprint density at radius 1 is 1.03 bits per heavy atom. The highest BCUT2D eigenvalue weighted by molar-refractivity contribution is 8.00. The molecule has 3 aromatic rings. The summed E-state index contributed by atoms with van der Waals surface area (Å²) < 4.78 is 10.5. The number of nitriles is 2. The van der Waals surface area contributed by atoms with Gasteiger partial charge in [-0.1, -0.05) is 49.9 Å². The maximum atomic E-state index is 12.8. The number of rotatable bonds is 8. The van der Waals surface area contributed by atoms with E-state index in [2.05, 4.69) is 31.0 Å². The van der Waals surface area contributed by atoms with Crippen molar-refractivity contribution in [2.45, 2.75) is 24.8 Å². The third-order valence-electron chi connectivity index (χ3n) is 5.33. The van der Waals surface area contributed by atoms with Crippen LogP contribution in [0.15, 0.2) is 47.5 Å². The van der Waals surface area contributed by atoms with Crippen LogP contribution in [0.3, 0.4) is 0 Å². The number of hydrogen-bond acceptors (Lipinski definition) is 8. The van der Waals surface area contributed by atoms with Gasteiger partial charge in [0, 0.05) is 11.1 Å². The van der Waals surface area contributed by atoms with Gasteiger partial charge in [-0.3, -0.25) is 4.79 Å². The van der Waals surface area contributed by atoms with Crippen LogP contribution in [0, 0.1) is 22.7 Å². The number of nitrogen functional groups attached to an aromatic ring is 1. The molecular formula is C26H24N4O3S. The molecule has 172 valence electrons. The fraction of sp³-hybridized carbons (Fsp3) is 0.231. The molecule has 34 heavy (non-hydrogen) atoms. The van der Waals surface area contributed by atoms with Crippen molar-refractivity contribution >= 4 is 23.4 Å². The van der Waals surface area contributed by atoms with Gasteiger partial charge in [0.05, 0.1) is 25.5 Å². The van der Waals surface area contributed by atoms with Gasteiger partial charge in [-0.05, 0) is 35.2 Å². The molecule has 0 saturated heterocycles. The number of pyridine rings is 1. The molecule has 8 heteroatoms. The van der Waals surface area contributed by atoms with Crippen LogP contribution in [-0.4, -0.2) is 30.7 Å². The highest BCUT2D eigenvalue weighted by Crippen LogP contribution is 2.36. The number of aromatic nitrogens is 1. The number of ketones is 1. The predicted molar refractivity (Wildman–Crippen MR) is 132 cm³/mol. The largest absolute Gasteiger partial charge is 0.493 e. The maximum Gasteiger partial charge on any atom is 0.173 e. The van der Waals surface area contributed by atoms with Gasteiger partial charge in [-0.2, -0.15) is 10.5 Å². The average molecular weight is 473 g/mol. The number of carbonyl (C=O) groups is 1. The van der Waals surface area contributed by atoms with Crippen LogP contribution in [0.5, 0.6) is 11.5 Å². The molecule has 0 aliphatic carbocycles. The van der Waals surface area contributed by atoms with E-state index in [9.17, 15) is 15.3 Å². The predicted octanol–water partition coefficient (Wildman–Crippen LogP) is 5.19. The summed E-state index contributed by atoms with van der Waals surface area (Å²) in [7, 11) is 3.02. The Balaban J connectivity index is 1.97. The number of benzene rings is 2. The van der Waals surface area contributed by atoms with Gasteiger partial charge in [0.2, 0.25) is 0 Å².